The molecule has 4 heteroatoms. The molecule has 0 fully saturated rings. The summed E-state index contributed by atoms with van der Waals surface area (Å²) in [5.41, 5.74) is 0. The molecule has 2 heterocycles. The first kappa shape index (κ1) is 19.5. The van der Waals surface area contributed by atoms with Gasteiger partial charge in [0.2, 0.25) is 0 Å². The van der Waals surface area contributed by atoms with Gasteiger partial charge in [0.15, 0.2) is 0 Å². The summed E-state index contributed by atoms with van der Waals surface area (Å²) in [4.78, 5) is 9.43. The fraction of sp³-hybridized carbons (Fsp3) is 0.600. The quantitative estimate of drug-likeness (QED) is 0.448. The van der Waals surface area contributed by atoms with E-state index in [0.29, 0.717) is 0 Å². The zero-order valence-corrected chi connectivity index (χ0v) is 18.5. The average Bonchev–Trinajstić information content (AvgIpc) is 3.16. The molecule has 0 spiro atoms. The Balaban J connectivity index is 2.28. The maximum absolute atomic E-state index is 4.72. The van der Waals surface area contributed by atoms with Crippen molar-refractivity contribution in [3.05, 3.63) is 36.9 Å². The average molecular weight is 434 g/mol. The van der Waals surface area contributed by atoms with Crippen LogP contribution in [-0.2, 0) is 0 Å². The zero-order chi connectivity index (χ0) is 17.3. The molecule has 0 unspecified atom stereocenters. The molecule has 0 aliphatic heterocycles. The van der Waals surface area contributed by atoms with Crippen molar-refractivity contribution >= 4 is 22.0 Å². The van der Waals surface area contributed by atoms with Crippen molar-refractivity contribution in [3.63, 3.8) is 0 Å². The van der Waals surface area contributed by atoms with Crippen molar-refractivity contribution in [1.29, 1.82) is 0 Å². The predicted molar refractivity (Wildman–Crippen MR) is 106 cm³/mol. The summed E-state index contributed by atoms with van der Waals surface area (Å²) < 4.78 is 7.95. The van der Waals surface area contributed by atoms with Gasteiger partial charge in [0.25, 0.3) is 0 Å². The van der Waals surface area contributed by atoms with Crippen LogP contribution in [0.25, 0.3) is 5.95 Å². The van der Waals surface area contributed by atoms with Gasteiger partial charge in [-0.2, -0.15) is 0 Å². The molecule has 0 saturated heterocycles. The van der Waals surface area contributed by atoms with Gasteiger partial charge in [0.1, 0.15) is 0 Å². The predicted octanol–water partition coefficient (Wildman–Crippen LogP) is 5.32. The van der Waals surface area contributed by atoms with Crippen LogP contribution in [0, 0.1) is 0 Å². The Morgan fingerprint density at radius 2 is 1.25 bits per heavy atom. The van der Waals surface area contributed by atoms with E-state index < -0.39 is 18.4 Å². The molecule has 0 amide bonds. The third-order valence-corrected chi connectivity index (χ3v) is 20.6. The monoisotopic (exact) mass is 435 g/mol. The molecule has 3 nitrogen and oxygen atoms in total. The Labute approximate surface area is 151 Å². The minimum absolute atomic E-state index is 0.797. The number of unbranched alkanes of at least 4 members (excludes halogenated alkanes) is 3. The summed E-state index contributed by atoms with van der Waals surface area (Å²) in [5.74, 6) is 0.797. The Hall–Kier alpha value is -0.841. The van der Waals surface area contributed by atoms with Gasteiger partial charge in [-0.05, 0) is 0 Å². The van der Waals surface area contributed by atoms with Crippen LogP contribution in [0.15, 0.2) is 36.9 Å². The van der Waals surface area contributed by atoms with Crippen LogP contribution in [0.4, 0.5) is 0 Å². The fourth-order valence-electron chi connectivity index (χ4n) is 3.55. The molecule has 132 valence electrons. The molecule has 24 heavy (non-hydrogen) atoms. The third-order valence-electron chi connectivity index (χ3n) is 5.11. The van der Waals surface area contributed by atoms with Crippen molar-refractivity contribution < 1.29 is 0 Å². The van der Waals surface area contributed by atoms with Gasteiger partial charge < -0.3 is 0 Å². The fourth-order valence-corrected chi connectivity index (χ4v) is 18.9. The first-order valence-corrected chi connectivity index (χ1v) is 17.2. The summed E-state index contributed by atoms with van der Waals surface area (Å²) in [6.45, 7) is 6.96. The van der Waals surface area contributed by atoms with Gasteiger partial charge in [0, 0.05) is 0 Å². The summed E-state index contributed by atoms with van der Waals surface area (Å²) >= 11 is -2.37. The molecular weight excluding hydrogens is 401 g/mol. The molecule has 2 aromatic rings. The van der Waals surface area contributed by atoms with Crippen molar-refractivity contribution in [1.82, 2.24) is 14.5 Å². The molecule has 2 rings (SSSR count). The van der Waals surface area contributed by atoms with Gasteiger partial charge in [-0.1, -0.05) is 0 Å². The summed E-state index contributed by atoms with van der Waals surface area (Å²) in [6.07, 6.45) is 16.4. The third kappa shape index (κ3) is 5.08. The van der Waals surface area contributed by atoms with Crippen LogP contribution >= 0.6 is 0 Å². The van der Waals surface area contributed by atoms with Gasteiger partial charge in [-0.15, -0.1) is 0 Å². The van der Waals surface area contributed by atoms with E-state index in [2.05, 4.69) is 33.2 Å². The molecular formula is C20H33N3Sn. The molecule has 0 aromatic carbocycles. The Morgan fingerprint density at radius 1 is 0.792 bits per heavy atom. The van der Waals surface area contributed by atoms with Gasteiger partial charge in [-0.25, -0.2) is 0 Å². The first-order chi connectivity index (χ1) is 11.8. The summed E-state index contributed by atoms with van der Waals surface area (Å²) in [5, 5.41) is 0. The van der Waals surface area contributed by atoms with Crippen molar-refractivity contribution in [2.45, 2.75) is 72.6 Å². The number of hydrogen-bond donors (Lipinski definition) is 0. The zero-order valence-electron chi connectivity index (χ0n) is 15.7. The van der Waals surface area contributed by atoms with Crippen LogP contribution in [0.5, 0.6) is 0 Å². The van der Waals surface area contributed by atoms with Crippen LogP contribution in [0.3, 0.4) is 0 Å². The molecule has 0 saturated carbocycles. The van der Waals surface area contributed by atoms with E-state index in [4.69, 9.17) is 9.97 Å². The molecule has 0 N–H and O–H groups in total. The van der Waals surface area contributed by atoms with Crippen LogP contribution in [0.1, 0.15) is 59.3 Å². The Bertz CT molecular complexity index is 541. The second-order valence-corrected chi connectivity index (χ2v) is 20.2. The molecule has 0 atom stereocenters. The molecule has 0 aliphatic carbocycles. The van der Waals surface area contributed by atoms with E-state index in [1.807, 2.05) is 29.1 Å². The second-order valence-electron chi connectivity index (χ2n) is 6.95. The van der Waals surface area contributed by atoms with Crippen LogP contribution < -0.4 is 3.58 Å². The number of nitrogens with zero attached hydrogens (tertiary/aromatic N) is 3. The van der Waals surface area contributed by atoms with Gasteiger partial charge >= 0.3 is 152 Å². The first-order valence-electron chi connectivity index (χ1n) is 9.71. The van der Waals surface area contributed by atoms with Crippen molar-refractivity contribution in [2.24, 2.45) is 0 Å². The number of rotatable bonds is 11. The van der Waals surface area contributed by atoms with E-state index in [1.165, 1.54) is 51.8 Å². The van der Waals surface area contributed by atoms with Crippen molar-refractivity contribution in [2.75, 3.05) is 0 Å². The van der Waals surface area contributed by atoms with Gasteiger partial charge in [0.05, 0.1) is 0 Å². The summed E-state index contributed by atoms with van der Waals surface area (Å²) in [7, 11) is 0. The van der Waals surface area contributed by atoms with Crippen LogP contribution in [0.2, 0.25) is 13.3 Å². The van der Waals surface area contributed by atoms with Crippen LogP contribution in [-0.4, -0.2) is 32.9 Å². The normalized spacial score (nSPS) is 11.8. The van der Waals surface area contributed by atoms with E-state index in [0.717, 1.165) is 5.95 Å². The summed E-state index contributed by atoms with van der Waals surface area (Å²) in [6, 6.07) is 4.04. The van der Waals surface area contributed by atoms with Crippen molar-refractivity contribution in [3.8, 4) is 5.95 Å². The minimum atomic E-state index is -2.37. The van der Waals surface area contributed by atoms with E-state index in [9.17, 15) is 0 Å². The second kappa shape index (κ2) is 10.2. The number of hydrogen-bond acceptors (Lipinski definition) is 2. The molecule has 0 bridgehead atoms. The topological polar surface area (TPSA) is 30.7 Å². The SMILES string of the molecule is CCC[CH2][Sn]([CH2]CCC)([CH2]CCC)[c]1cnc(-n2cccc2)nc1. The van der Waals surface area contributed by atoms with Gasteiger partial charge in [-0.3, -0.25) is 0 Å². The van der Waals surface area contributed by atoms with E-state index in [-0.39, 0.29) is 0 Å². The van der Waals surface area contributed by atoms with E-state index in [1.54, 1.807) is 3.58 Å². The number of aromatic nitrogens is 3. The molecule has 0 radical (unpaired) electrons. The standard InChI is InChI=1S/C8H6N3.3C4H9.Sn/c1-2-7-11(6-1)8-9-4-3-5-10-8;3*1-3-4-2;/h1-2,4-7H;3*1,3-4H2,2H3;. The Morgan fingerprint density at radius 3 is 1.67 bits per heavy atom. The van der Waals surface area contributed by atoms with E-state index >= 15 is 0 Å². The molecule has 0 aliphatic rings. The molecule has 2 aromatic heterocycles. The maximum atomic E-state index is 4.72. The Kier molecular flexibility index (Phi) is 8.29.